The highest BCUT2D eigenvalue weighted by Crippen LogP contribution is 2.47. The monoisotopic (exact) mass is 657 g/mol. The summed E-state index contributed by atoms with van der Waals surface area (Å²) < 4.78 is 227. The Hall–Kier alpha value is -6.50. The summed E-state index contributed by atoms with van der Waals surface area (Å²) in [7, 11) is 0. The molecule has 0 bridgehead atoms. The van der Waals surface area contributed by atoms with Gasteiger partial charge in [0.05, 0.1) is 34.3 Å². The van der Waals surface area contributed by atoms with Gasteiger partial charge in [-0.3, -0.25) is 0 Å². The van der Waals surface area contributed by atoms with Crippen molar-refractivity contribution < 1.29 is 34.3 Å². The predicted octanol–water partition coefficient (Wildman–Crippen LogP) is 14.1. The lowest BCUT2D eigenvalue weighted by atomic mass is 9.83. The maximum absolute atomic E-state index is 10.3. The summed E-state index contributed by atoms with van der Waals surface area (Å²) in [6.45, 7) is 0. The minimum atomic E-state index is -1.01. The first-order chi connectivity index (χ1) is 35.2. The Balaban J connectivity index is 1.49. The fourth-order valence-corrected chi connectivity index (χ4v) is 6.28. The number of fused-ring (bicyclic) bond motifs is 5. The van der Waals surface area contributed by atoms with Crippen LogP contribution >= 0.6 is 0 Å². The molecule has 50 heavy (non-hydrogen) atoms. The maximum Gasteiger partial charge on any atom is 0.0636 e. The second-order valence-electron chi connectivity index (χ2n) is 11.3. The zero-order chi connectivity index (χ0) is 54.8. The SMILES string of the molecule is [2H]c1c([2H])c(-c2c3c([2H])c([2H])c([2H])c([2H])c3c(-c3cccc4ccccc34)c3c([2H])c(-c4c([2H])c([2H])c([2H])c5c([2H])c([2H])c([2H])c([2H])c45)c([2H])c([2H])c23)c([2H])c([2H])c1-c1c([2H])c([2H])c2c([2H])c([2H])c([2H])c([2H])c2c1[2H]. The van der Waals surface area contributed by atoms with Gasteiger partial charge in [-0.15, -0.1) is 0 Å². The van der Waals surface area contributed by atoms with Gasteiger partial charge >= 0.3 is 0 Å². The van der Waals surface area contributed by atoms with Gasteiger partial charge in [0.1, 0.15) is 0 Å². The van der Waals surface area contributed by atoms with Crippen molar-refractivity contribution in [3.63, 3.8) is 0 Å². The normalized spacial score (nSPS) is 18.6. The van der Waals surface area contributed by atoms with E-state index in [1.807, 2.05) is 0 Å². The predicted molar refractivity (Wildman–Crippen MR) is 216 cm³/mol. The first kappa shape index (κ1) is 13.1. The van der Waals surface area contributed by atoms with E-state index in [0.29, 0.717) is 10.8 Å². The van der Waals surface area contributed by atoms with E-state index >= 15 is 0 Å². The average molecular weight is 658 g/mol. The van der Waals surface area contributed by atoms with Crippen LogP contribution in [0.25, 0.3) is 98.4 Å². The molecule has 0 nitrogen and oxygen atoms in total. The van der Waals surface area contributed by atoms with E-state index in [1.54, 1.807) is 42.5 Å². The molecule has 0 N–H and O–H groups in total. The lowest BCUT2D eigenvalue weighted by Gasteiger charge is -2.20. The molecule has 0 aliphatic heterocycles. The van der Waals surface area contributed by atoms with Gasteiger partial charge in [0.2, 0.25) is 0 Å². The smallest absolute Gasteiger partial charge is 0.0616 e. The molecule has 0 saturated carbocycles. The van der Waals surface area contributed by atoms with Crippen LogP contribution in [0.3, 0.4) is 0 Å². The molecule has 0 fully saturated rings. The van der Waals surface area contributed by atoms with Crippen molar-refractivity contribution in [1.29, 1.82) is 0 Å². The standard InChI is InChI=1S/C50H32/c1-2-14-38-31-39(28-25-33(38)11-1)34-23-26-37(27-24-34)49-45-19-7-8-20-46(45)50(44-22-10-16-36-13-4-6-18-42(36)44)48-32-40(29-30-47(48)49)43-21-9-15-35-12-3-5-17-41(35)43/h1-32H/i1D,2D,3D,5D,7D,8D,9D,11D,12D,14D,15D,17D,19D,20D,21D,23D,24D,25D,26D,27D,28D,29D,30D,31D,32D. The summed E-state index contributed by atoms with van der Waals surface area (Å²) in [5.41, 5.74) is -4.17. The van der Waals surface area contributed by atoms with Gasteiger partial charge in [-0.1, -0.05) is 181 Å². The third kappa shape index (κ3) is 4.61. The molecule has 10 aromatic rings. The van der Waals surface area contributed by atoms with Gasteiger partial charge in [-0.25, -0.2) is 0 Å². The second-order valence-corrected chi connectivity index (χ2v) is 11.3. The molecule has 0 saturated heterocycles. The van der Waals surface area contributed by atoms with E-state index in [-0.39, 0.29) is 16.5 Å². The Kier molecular flexibility index (Phi) is 3.03. The van der Waals surface area contributed by atoms with Gasteiger partial charge in [-0.05, 0) is 110 Å². The molecule has 0 unspecified atom stereocenters. The van der Waals surface area contributed by atoms with Crippen molar-refractivity contribution in [3.05, 3.63) is 194 Å². The van der Waals surface area contributed by atoms with E-state index in [9.17, 15) is 15.1 Å². The van der Waals surface area contributed by atoms with Gasteiger partial charge in [0, 0.05) is 0 Å². The van der Waals surface area contributed by atoms with E-state index in [1.165, 1.54) is 0 Å². The van der Waals surface area contributed by atoms with E-state index < -0.39 is 222 Å². The molecule has 0 aliphatic carbocycles. The van der Waals surface area contributed by atoms with Crippen molar-refractivity contribution in [3.8, 4) is 44.5 Å². The largest absolute Gasteiger partial charge is 0.0636 e. The van der Waals surface area contributed by atoms with E-state index in [0.717, 1.165) is 0 Å². The van der Waals surface area contributed by atoms with E-state index in [2.05, 4.69) is 0 Å². The minimum Gasteiger partial charge on any atom is -0.0616 e. The molecule has 0 atom stereocenters. The van der Waals surface area contributed by atoms with Gasteiger partial charge in [-0.2, -0.15) is 0 Å². The van der Waals surface area contributed by atoms with Crippen LogP contribution in [-0.2, 0) is 0 Å². The minimum absolute atomic E-state index is 0.179. The van der Waals surface area contributed by atoms with Crippen molar-refractivity contribution in [1.82, 2.24) is 0 Å². The molecule has 10 aromatic carbocycles. The maximum atomic E-state index is 10.3. The first-order valence-corrected chi connectivity index (χ1v) is 15.3. The quantitative estimate of drug-likeness (QED) is 0.165. The molecule has 0 heterocycles. The van der Waals surface area contributed by atoms with Gasteiger partial charge in [0.15, 0.2) is 0 Å². The topological polar surface area (TPSA) is 0 Å². The summed E-state index contributed by atoms with van der Waals surface area (Å²) in [6.07, 6.45) is 0. The molecular formula is C50H32. The van der Waals surface area contributed by atoms with Crippen molar-refractivity contribution in [2.75, 3.05) is 0 Å². The highest BCUT2D eigenvalue weighted by atomic mass is 14.2. The van der Waals surface area contributed by atoms with Crippen LogP contribution in [-0.4, -0.2) is 0 Å². The third-order valence-electron chi connectivity index (χ3n) is 8.50. The molecule has 0 aliphatic rings. The molecular weight excluding hydrogens is 601 g/mol. The molecule has 0 amide bonds. The Morgan fingerprint density at radius 1 is 0.280 bits per heavy atom. The van der Waals surface area contributed by atoms with Crippen LogP contribution < -0.4 is 0 Å². The Bertz CT molecular complexity index is 4310. The molecule has 232 valence electrons. The molecule has 0 radical (unpaired) electrons. The lowest BCUT2D eigenvalue weighted by molar-refractivity contribution is 1.62. The van der Waals surface area contributed by atoms with Crippen LogP contribution in [0.4, 0.5) is 0 Å². The fourth-order valence-electron chi connectivity index (χ4n) is 6.28. The zero-order valence-corrected chi connectivity index (χ0v) is 25.5. The van der Waals surface area contributed by atoms with Crippen LogP contribution in [0, 0.1) is 0 Å². The molecule has 0 heteroatoms. The van der Waals surface area contributed by atoms with Crippen LogP contribution in [0.15, 0.2) is 194 Å². The highest BCUT2D eigenvalue weighted by molar-refractivity contribution is 6.24. The number of rotatable bonds is 4. The van der Waals surface area contributed by atoms with Crippen molar-refractivity contribution in [2.24, 2.45) is 0 Å². The number of benzene rings is 10. The van der Waals surface area contributed by atoms with E-state index in [4.69, 9.17) is 19.2 Å². The third-order valence-corrected chi connectivity index (χ3v) is 8.50. The summed E-state index contributed by atoms with van der Waals surface area (Å²) in [6, 6.07) is -9.63. The summed E-state index contributed by atoms with van der Waals surface area (Å²) >= 11 is 0. The van der Waals surface area contributed by atoms with Crippen LogP contribution in [0.1, 0.15) is 34.3 Å². The van der Waals surface area contributed by atoms with Gasteiger partial charge in [0.25, 0.3) is 0 Å². The lowest BCUT2D eigenvalue weighted by Crippen LogP contribution is -1.93. The summed E-state index contributed by atoms with van der Waals surface area (Å²) in [5, 5.41) is -3.01. The Morgan fingerprint density at radius 3 is 1.76 bits per heavy atom. The summed E-state index contributed by atoms with van der Waals surface area (Å²) in [5.74, 6) is 0. The number of hydrogen-bond donors (Lipinski definition) is 0. The Morgan fingerprint density at radius 2 is 0.900 bits per heavy atom. The average Bonchev–Trinajstić information content (AvgIpc) is 3.40. The van der Waals surface area contributed by atoms with Gasteiger partial charge < -0.3 is 0 Å². The van der Waals surface area contributed by atoms with Crippen molar-refractivity contribution in [2.45, 2.75) is 0 Å². The van der Waals surface area contributed by atoms with Crippen LogP contribution in [0.5, 0.6) is 0 Å². The zero-order valence-electron chi connectivity index (χ0n) is 50.5. The molecule has 0 aromatic heterocycles. The number of hydrogen-bond acceptors (Lipinski definition) is 0. The van der Waals surface area contributed by atoms with Crippen molar-refractivity contribution >= 4 is 53.9 Å². The van der Waals surface area contributed by atoms with Crippen LogP contribution in [0.2, 0.25) is 0 Å². The Labute approximate surface area is 326 Å². The summed E-state index contributed by atoms with van der Waals surface area (Å²) in [4.78, 5) is 0. The molecule has 10 rings (SSSR count). The molecule has 0 spiro atoms. The first-order valence-electron chi connectivity index (χ1n) is 27.8. The fraction of sp³-hybridized carbons (Fsp3) is 0. The highest BCUT2D eigenvalue weighted by Gasteiger charge is 2.19. The second kappa shape index (κ2) is 11.6.